The highest BCUT2D eigenvalue weighted by Gasteiger charge is 2.45. The third-order valence-electron chi connectivity index (χ3n) is 8.01. The van der Waals surface area contributed by atoms with Crippen LogP contribution in [0.15, 0.2) is 30.3 Å². The van der Waals surface area contributed by atoms with Crippen LogP contribution < -0.4 is 10.5 Å². The highest BCUT2D eigenvalue weighted by atomic mass is 19.1. The van der Waals surface area contributed by atoms with Crippen LogP contribution in [0.3, 0.4) is 0 Å². The first-order chi connectivity index (χ1) is 17.3. The van der Waals surface area contributed by atoms with Gasteiger partial charge in [-0.3, -0.25) is 4.79 Å². The quantitative estimate of drug-likeness (QED) is 0.353. The molecule has 4 N–H and O–H groups in total. The maximum atomic E-state index is 15.1. The van der Waals surface area contributed by atoms with Crippen molar-refractivity contribution in [1.82, 2.24) is 4.90 Å². The van der Waals surface area contributed by atoms with Crippen molar-refractivity contribution in [2.45, 2.75) is 94.7 Å². The van der Waals surface area contributed by atoms with Gasteiger partial charge in [0.2, 0.25) is 5.91 Å². The standard InChI is InChI=1S/C28H45FN2O5/c1-3-23(29)26(36-22-11-5-4-6-12-22)18-28(34,13-7-8-15-35-2)21-10-9-14-31(19-21)27(33)20-16-24(30)25(32)17-20/h4-6,11-12,20-21,23-26,32,34H,3,7-10,13-19,30H2,1-2H3/t20-,21?,23-,24+,25-,26?,28+/m0/s1. The number of likely N-dealkylation sites (tertiary alicyclic amines) is 1. The fraction of sp³-hybridized carbons (Fsp3) is 0.750. The van der Waals surface area contributed by atoms with E-state index in [9.17, 15) is 15.0 Å². The van der Waals surface area contributed by atoms with Crippen molar-refractivity contribution in [3.05, 3.63) is 30.3 Å². The molecule has 7 atom stereocenters. The minimum atomic E-state index is -1.22. The third kappa shape index (κ3) is 7.63. The van der Waals surface area contributed by atoms with Gasteiger partial charge in [0.05, 0.1) is 11.7 Å². The molecular formula is C28H45FN2O5. The molecule has 2 fully saturated rings. The predicted molar refractivity (Wildman–Crippen MR) is 137 cm³/mol. The second kappa shape index (κ2) is 13.7. The van der Waals surface area contributed by atoms with Crippen LogP contribution in [0.2, 0.25) is 0 Å². The number of aliphatic hydroxyl groups excluding tert-OH is 1. The van der Waals surface area contributed by atoms with E-state index in [0.29, 0.717) is 44.7 Å². The lowest BCUT2D eigenvalue weighted by Crippen LogP contribution is -2.53. The van der Waals surface area contributed by atoms with Gasteiger partial charge in [0, 0.05) is 51.1 Å². The zero-order valence-electron chi connectivity index (χ0n) is 21.9. The number of hydrogen-bond acceptors (Lipinski definition) is 6. The predicted octanol–water partition coefficient (Wildman–Crippen LogP) is 3.46. The zero-order chi connectivity index (χ0) is 26.1. The Labute approximate surface area is 215 Å². The number of amides is 1. The molecule has 0 spiro atoms. The molecule has 36 heavy (non-hydrogen) atoms. The number of methoxy groups -OCH3 is 1. The number of alkyl halides is 1. The molecule has 1 aromatic carbocycles. The van der Waals surface area contributed by atoms with Gasteiger partial charge >= 0.3 is 0 Å². The molecule has 1 heterocycles. The Morgan fingerprint density at radius 1 is 1.28 bits per heavy atom. The summed E-state index contributed by atoms with van der Waals surface area (Å²) in [5.74, 6) is 0.107. The minimum Gasteiger partial charge on any atom is -0.487 e. The number of halogens is 1. The van der Waals surface area contributed by atoms with Crippen LogP contribution in [0.4, 0.5) is 4.39 Å². The van der Waals surface area contributed by atoms with Crippen molar-refractivity contribution in [1.29, 1.82) is 0 Å². The summed E-state index contributed by atoms with van der Waals surface area (Å²) in [5.41, 5.74) is 4.77. The Kier molecular flexibility index (Phi) is 11.0. The zero-order valence-corrected chi connectivity index (χ0v) is 21.9. The Balaban J connectivity index is 1.76. The van der Waals surface area contributed by atoms with E-state index in [1.807, 2.05) is 23.1 Å². The van der Waals surface area contributed by atoms with Gasteiger partial charge in [-0.05, 0) is 63.5 Å². The number of nitrogens with zero attached hydrogens (tertiary/aromatic N) is 1. The molecule has 1 saturated carbocycles. The number of ether oxygens (including phenoxy) is 2. The van der Waals surface area contributed by atoms with Crippen molar-refractivity contribution >= 4 is 5.91 Å². The molecule has 1 aliphatic carbocycles. The Morgan fingerprint density at radius 2 is 2.03 bits per heavy atom. The fourth-order valence-corrected chi connectivity index (χ4v) is 5.80. The molecule has 204 valence electrons. The van der Waals surface area contributed by atoms with Gasteiger partial charge in [-0.2, -0.15) is 0 Å². The number of aliphatic hydroxyl groups is 2. The van der Waals surface area contributed by atoms with Crippen molar-refractivity contribution < 1.29 is 28.9 Å². The van der Waals surface area contributed by atoms with Crippen LogP contribution in [-0.4, -0.2) is 77.8 Å². The van der Waals surface area contributed by atoms with Gasteiger partial charge in [0.25, 0.3) is 0 Å². The number of para-hydroxylation sites is 1. The number of piperidine rings is 1. The molecule has 3 rings (SSSR count). The first kappa shape index (κ1) is 28.8. The fourth-order valence-electron chi connectivity index (χ4n) is 5.80. The molecule has 1 amide bonds. The van der Waals surface area contributed by atoms with Gasteiger partial charge in [-0.25, -0.2) is 4.39 Å². The van der Waals surface area contributed by atoms with Gasteiger partial charge in [-0.1, -0.05) is 25.1 Å². The average molecular weight is 509 g/mol. The number of unbranched alkanes of at least 4 members (excludes halogenated alkanes) is 1. The number of hydrogen-bond donors (Lipinski definition) is 3. The second-order valence-corrected chi connectivity index (χ2v) is 10.7. The lowest BCUT2D eigenvalue weighted by Gasteiger charge is -2.44. The summed E-state index contributed by atoms with van der Waals surface area (Å²) in [7, 11) is 1.65. The molecule has 2 unspecified atom stereocenters. The van der Waals surface area contributed by atoms with E-state index in [1.54, 1.807) is 26.2 Å². The number of rotatable bonds is 13. The highest BCUT2D eigenvalue weighted by Crippen LogP contribution is 2.38. The summed E-state index contributed by atoms with van der Waals surface area (Å²) in [5, 5.41) is 22.1. The average Bonchev–Trinajstić information content (AvgIpc) is 3.24. The normalized spacial score (nSPS) is 27.9. The molecule has 1 saturated heterocycles. The summed E-state index contributed by atoms with van der Waals surface area (Å²) in [6, 6.07) is 8.80. The number of benzene rings is 1. The Morgan fingerprint density at radius 3 is 2.67 bits per heavy atom. The molecular weight excluding hydrogens is 463 g/mol. The van der Waals surface area contributed by atoms with E-state index < -0.39 is 24.0 Å². The van der Waals surface area contributed by atoms with E-state index in [4.69, 9.17) is 15.2 Å². The summed E-state index contributed by atoms with van der Waals surface area (Å²) < 4.78 is 26.4. The Bertz CT molecular complexity index is 789. The Hall–Kier alpha value is -1.74. The third-order valence-corrected chi connectivity index (χ3v) is 8.01. The molecule has 1 aromatic rings. The van der Waals surface area contributed by atoms with Crippen LogP contribution in [-0.2, 0) is 9.53 Å². The maximum Gasteiger partial charge on any atom is 0.225 e. The monoisotopic (exact) mass is 508 g/mol. The first-order valence-corrected chi connectivity index (χ1v) is 13.6. The second-order valence-electron chi connectivity index (χ2n) is 10.7. The smallest absolute Gasteiger partial charge is 0.225 e. The largest absolute Gasteiger partial charge is 0.487 e. The topological polar surface area (TPSA) is 105 Å². The molecule has 0 bridgehead atoms. The van der Waals surface area contributed by atoms with Gasteiger partial charge in [-0.15, -0.1) is 0 Å². The SMILES string of the molecule is CC[C@H](F)C(C[C@](O)(CCCCOC)C1CCCN(C(=O)[C@H]2C[C@@H](N)[C@@H](O)C2)C1)Oc1ccccc1. The van der Waals surface area contributed by atoms with E-state index in [0.717, 1.165) is 25.7 Å². The van der Waals surface area contributed by atoms with Crippen LogP contribution in [0, 0.1) is 11.8 Å². The lowest BCUT2D eigenvalue weighted by molar-refractivity contribution is -0.142. The van der Waals surface area contributed by atoms with E-state index in [-0.39, 0.29) is 36.6 Å². The summed E-state index contributed by atoms with van der Waals surface area (Å²) in [6.07, 6.45) is 2.20. The van der Waals surface area contributed by atoms with E-state index in [2.05, 4.69) is 0 Å². The number of nitrogens with two attached hydrogens (primary N) is 1. The summed E-state index contributed by atoms with van der Waals surface area (Å²) >= 11 is 0. The minimum absolute atomic E-state index is 0.00226. The van der Waals surface area contributed by atoms with Crippen LogP contribution in [0.25, 0.3) is 0 Å². The molecule has 0 radical (unpaired) electrons. The van der Waals surface area contributed by atoms with E-state index in [1.165, 1.54) is 0 Å². The van der Waals surface area contributed by atoms with Gasteiger partial charge in [0.15, 0.2) is 0 Å². The summed E-state index contributed by atoms with van der Waals surface area (Å²) in [4.78, 5) is 15.1. The molecule has 0 aromatic heterocycles. The first-order valence-electron chi connectivity index (χ1n) is 13.6. The molecule has 2 aliphatic rings. The van der Waals surface area contributed by atoms with Crippen LogP contribution >= 0.6 is 0 Å². The lowest BCUT2D eigenvalue weighted by atomic mass is 9.74. The highest BCUT2D eigenvalue weighted by molar-refractivity contribution is 5.79. The van der Waals surface area contributed by atoms with Crippen molar-refractivity contribution in [2.75, 3.05) is 26.8 Å². The molecule has 1 aliphatic heterocycles. The molecule has 8 heteroatoms. The van der Waals surface area contributed by atoms with Crippen LogP contribution in [0.1, 0.15) is 64.7 Å². The van der Waals surface area contributed by atoms with Gasteiger partial charge in [0.1, 0.15) is 18.0 Å². The van der Waals surface area contributed by atoms with E-state index >= 15 is 4.39 Å². The summed E-state index contributed by atoms with van der Waals surface area (Å²) in [6.45, 7) is 3.43. The number of carbonyl (C=O) groups excluding carboxylic acids is 1. The van der Waals surface area contributed by atoms with Crippen molar-refractivity contribution in [3.8, 4) is 5.75 Å². The van der Waals surface area contributed by atoms with Crippen LogP contribution in [0.5, 0.6) is 5.75 Å². The van der Waals surface area contributed by atoms with Gasteiger partial charge < -0.3 is 30.3 Å². The number of carbonyl (C=O) groups is 1. The van der Waals surface area contributed by atoms with Crippen molar-refractivity contribution in [2.24, 2.45) is 17.6 Å². The molecule has 7 nitrogen and oxygen atoms in total. The maximum absolute atomic E-state index is 15.1. The van der Waals surface area contributed by atoms with Crippen molar-refractivity contribution in [3.63, 3.8) is 0 Å².